The lowest BCUT2D eigenvalue weighted by molar-refractivity contribution is 0.683. The Kier molecular flexibility index (Phi) is 4.90. The fourth-order valence-corrected chi connectivity index (χ4v) is 7.75. The van der Waals surface area contributed by atoms with Crippen molar-refractivity contribution < 1.29 is 0 Å². The molecule has 1 aromatic carbocycles. The van der Waals surface area contributed by atoms with Gasteiger partial charge in [0.1, 0.15) is 7.22 Å². The molecule has 1 aromatic rings. The van der Waals surface area contributed by atoms with Crippen molar-refractivity contribution in [3.05, 3.63) is 29.8 Å². The summed E-state index contributed by atoms with van der Waals surface area (Å²) in [6.45, 7) is 9.48. The molecule has 1 aliphatic rings. The first-order chi connectivity index (χ1) is 8.92. The molecule has 0 radical (unpaired) electrons. The lowest BCUT2D eigenvalue weighted by Crippen LogP contribution is -2.25. The molecule has 0 amide bonds. The highest BCUT2D eigenvalue weighted by Gasteiger charge is 2.25. The molecule has 0 spiro atoms. The number of aliphatic imine (C=N–C) groups is 1. The number of benzene rings is 1. The Labute approximate surface area is 122 Å². The molecule has 0 aliphatic heterocycles. The van der Waals surface area contributed by atoms with Gasteiger partial charge in [0.05, 0.1) is 5.69 Å². The summed E-state index contributed by atoms with van der Waals surface area (Å²) in [5, 5.41) is 0.809. The number of rotatable bonds is 3. The molecule has 3 heteroatoms. The van der Waals surface area contributed by atoms with Crippen LogP contribution in [-0.4, -0.2) is 18.2 Å². The molecule has 0 bridgehead atoms. The molecule has 1 saturated carbocycles. The fourth-order valence-electron chi connectivity index (χ4n) is 2.58. The summed E-state index contributed by atoms with van der Waals surface area (Å²) in [7, 11) is -1.01. The van der Waals surface area contributed by atoms with E-state index in [0.717, 1.165) is 10.9 Å². The Hall–Kier alpha value is -0.543. The minimum absolute atomic E-state index is 0.809. The third-order valence-corrected chi connectivity index (χ3v) is 7.83. The summed E-state index contributed by atoms with van der Waals surface area (Å²) in [6.07, 6.45) is 5.08. The van der Waals surface area contributed by atoms with Gasteiger partial charge in [0, 0.05) is 11.0 Å². The molecular formula is C16H25NSSi. The maximum Gasteiger partial charge on any atom is 0.108 e. The molecule has 0 aromatic heterocycles. The van der Waals surface area contributed by atoms with E-state index in [1.165, 1.54) is 37.0 Å². The largest absolute Gasteiger partial charge is 0.258 e. The zero-order valence-electron chi connectivity index (χ0n) is 12.6. The number of hydrogen-bond donors (Lipinski definition) is 0. The molecule has 104 valence electrons. The molecule has 1 atom stereocenters. The van der Waals surface area contributed by atoms with Crippen LogP contribution in [0.3, 0.4) is 0 Å². The molecule has 0 heterocycles. The van der Waals surface area contributed by atoms with Gasteiger partial charge < -0.3 is 0 Å². The Morgan fingerprint density at radius 2 is 2.05 bits per heavy atom. The van der Waals surface area contributed by atoms with Crippen LogP contribution in [0.1, 0.15) is 31.2 Å². The maximum absolute atomic E-state index is 4.88. The van der Waals surface area contributed by atoms with Gasteiger partial charge >= 0.3 is 0 Å². The molecule has 1 unspecified atom stereocenters. The maximum atomic E-state index is 4.88. The van der Waals surface area contributed by atoms with Gasteiger partial charge in [0.15, 0.2) is 0 Å². The summed E-state index contributed by atoms with van der Waals surface area (Å²) in [4.78, 5) is 4.88. The summed E-state index contributed by atoms with van der Waals surface area (Å²) in [5.41, 5.74) is 3.84. The number of aryl methyl sites for hydroxylation is 1. The summed E-state index contributed by atoms with van der Waals surface area (Å²) in [5.74, 6) is 0. The third-order valence-electron chi connectivity index (χ3n) is 3.26. The standard InChI is InChI=1S/C16H25NSSi/c1-13-7-5-8-14(11-13)17-15-9-6-10-16(12-15)18-19(2,3)4/h5,7-8,11,16H,6,9-10,12H2,1-4H3/b17-15+. The van der Waals surface area contributed by atoms with Gasteiger partial charge in [-0.15, -0.1) is 0 Å². The minimum atomic E-state index is -1.01. The Balaban J connectivity index is 2.04. The van der Waals surface area contributed by atoms with Crippen LogP contribution in [0, 0.1) is 6.92 Å². The van der Waals surface area contributed by atoms with E-state index in [1.54, 1.807) is 0 Å². The van der Waals surface area contributed by atoms with E-state index < -0.39 is 7.22 Å². The second-order valence-corrected chi connectivity index (χ2v) is 16.0. The predicted molar refractivity (Wildman–Crippen MR) is 91.5 cm³/mol. The van der Waals surface area contributed by atoms with Crippen molar-refractivity contribution in [1.29, 1.82) is 0 Å². The zero-order valence-corrected chi connectivity index (χ0v) is 14.4. The second-order valence-electron chi connectivity index (χ2n) is 6.47. The van der Waals surface area contributed by atoms with Crippen molar-refractivity contribution >= 4 is 29.8 Å². The molecule has 19 heavy (non-hydrogen) atoms. The van der Waals surface area contributed by atoms with Gasteiger partial charge in [0.25, 0.3) is 0 Å². The van der Waals surface area contributed by atoms with Crippen LogP contribution >= 0.6 is 11.2 Å². The first kappa shape index (κ1) is 14.9. The molecular weight excluding hydrogens is 266 g/mol. The van der Waals surface area contributed by atoms with Crippen LogP contribution in [-0.2, 0) is 0 Å². The second kappa shape index (κ2) is 6.27. The molecule has 1 nitrogen and oxygen atoms in total. The molecule has 0 N–H and O–H groups in total. The smallest absolute Gasteiger partial charge is 0.108 e. The molecule has 0 saturated heterocycles. The van der Waals surface area contributed by atoms with Crippen molar-refractivity contribution in [2.45, 2.75) is 57.5 Å². The van der Waals surface area contributed by atoms with Gasteiger partial charge in [-0.3, -0.25) is 4.99 Å². The lowest BCUT2D eigenvalue weighted by Gasteiger charge is -2.28. The average molecular weight is 292 g/mol. The van der Waals surface area contributed by atoms with Crippen LogP contribution < -0.4 is 0 Å². The van der Waals surface area contributed by atoms with Crippen LogP contribution in [0.5, 0.6) is 0 Å². The van der Waals surface area contributed by atoms with Gasteiger partial charge in [-0.2, -0.15) is 11.2 Å². The van der Waals surface area contributed by atoms with Gasteiger partial charge in [0.2, 0.25) is 0 Å². The van der Waals surface area contributed by atoms with E-state index >= 15 is 0 Å². The van der Waals surface area contributed by atoms with Gasteiger partial charge in [-0.05, 0) is 50.3 Å². The quantitative estimate of drug-likeness (QED) is 0.662. The Morgan fingerprint density at radius 3 is 2.74 bits per heavy atom. The monoisotopic (exact) mass is 291 g/mol. The molecule has 1 fully saturated rings. The van der Waals surface area contributed by atoms with E-state index in [0.29, 0.717) is 0 Å². The number of nitrogens with zero attached hydrogens (tertiary/aromatic N) is 1. The van der Waals surface area contributed by atoms with Crippen LogP contribution in [0.25, 0.3) is 0 Å². The number of hydrogen-bond acceptors (Lipinski definition) is 2. The average Bonchev–Trinajstić information content (AvgIpc) is 2.27. The highest BCUT2D eigenvalue weighted by molar-refractivity contribution is 8.29. The lowest BCUT2D eigenvalue weighted by atomic mass is 9.98. The summed E-state index contributed by atoms with van der Waals surface area (Å²) >= 11 is 2.25. The van der Waals surface area contributed by atoms with E-state index in [1.807, 2.05) is 0 Å². The van der Waals surface area contributed by atoms with Crippen molar-refractivity contribution in [3.8, 4) is 0 Å². The van der Waals surface area contributed by atoms with Crippen LogP contribution in [0.15, 0.2) is 29.3 Å². The van der Waals surface area contributed by atoms with Crippen LogP contribution in [0.4, 0.5) is 5.69 Å². The summed E-state index contributed by atoms with van der Waals surface area (Å²) < 4.78 is 0. The van der Waals surface area contributed by atoms with E-state index in [-0.39, 0.29) is 0 Å². The third kappa shape index (κ3) is 5.15. The first-order valence-electron chi connectivity index (χ1n) is 7.23. The van der Waals surface area contributed by atoms with Crippen LogP contribution in [0.2, 0.25) is 19.6 Å². The van der Waals surface area contributed by atoms with E-state index in [9.17, 15) is 0 Å². The molecule has 1 aliphatic carbocycles. The van der Waals surface area contributed by atoms with E-state index in [2.05, 4.69) is 62.0 Å². The predicted octanol–water partition coefficient (Wildman–Crippen LogP) is 5.58. The summed E-state index contributed by atoms with van der Waals surface area (Å²) in [6, 6.07) is 8.54. The van der Waals surface area contributed by atoms with Gasteiger partial charge in [-0.25, -0.2) is 0 Å². The zero-order chi connectivity index (χ0) is 13.9. The Morgan fingerprint density at radius 1 is 1.26 bits per heavy atom. The molecule has 2 rings (SSSR count). The topological polar surface area (TPSA) is 12.4 Å². The highest BCUT2D eigenvalue weighted by atomic mass is 32.4. The van der Waals surface area contributed by atoms with E-state index in [4.69, 9.17) is 4.99 Å². The minimum Gasteiger partial charge on any atom is -0.258 e. The SMILES string of the molecule is Cc1cccc(/N=C2\CCCC(S[Si](C)(C)C)C2)c1. The normalized spacial score (nSPS) is 22.7. The highest BCUT2D eigenvalue weighted by Crippen LogP contribution is 2.34. The van der Waals surface area contributed by atoms with Crippen molar-refractivity contribution in [2.75, 3.05) is 0 Å². The first-order valence-corrected chi connectivity index (χ1v) is 12.3. The van der Waals surface area contributed by atoms with Gasteiger partial charge in [-0.1, -0.05) is 31.8 Å². The fraction of sp³-hybridized carbons (Fsp3) is 0.562. The van der Waals surface area contributed by atoms with Crippen molar-refractivity contribution in [2.24, 2.45) is 4.99 Å². The van der Waals surface area contributed by atoms with Crippen molar-refractivity contribution in [3.63, 3.8) is 0 Å². The van der Waals surface area contributed by atoms with Crippen molar-refractivity contribution in [1.82, 2.24) is 0 Å². The Bertz CT molecular complexity index is 462.